The van der Waals surface area contributed by atoms with E-state index in [9.17, 15) is 22.8 Å². The quantitative estimate of drug-likeness (QED) is 0.685. The number of hydrogen-bond donors (Lipinski definition) is 2. The Balaban J connectivity index is 0.000000383. The zero-order valence-corrected chi connectivity index (χ0v) is 18.5. The number of halogens is 3. The monoisotopic (exact) mass is 471 g/mol. The van der Waals surface area contributed by atoms with Crippen LogP contribution in [0.4, 0.5) is 13.2 Å². The molecule has 1 aromatic rings. The lowest BCUT2D eigenvalue weighted by atomic mass is 9.75. The Kier molecular flexibility index (Phi) is 7.25. The third kappa shape index (κ3) is 5.60. The van der Waals surface area contributed by atoms with Gasteiger partial charge in [0.25, 0.3) is 5.91 Å². The molecule has 0 saturated carbocycles. The van der Waals surface area contributed by atoms with Crippen LogP contribution in [0.1, 0.15) is 37.2 Å². The van der Waals surface area contributed by atoms with E-state index in [-0.39, 0.29) is 23.3 Å². The molecule has 1 aromatic heterocycles. The molecule has 3 aliphatic heterocycles. The number of carbonyl (C=O) groups excluding carboxylic acids is 2. The maximum Gasteiger partial charge on any atom is 0.490 e. The van der Waals surface area contributed by atoms with Crippen LogP contribution >= 0.6 is 0 Å². The molecule has 0 aromatic carbocycles. The third-order valence-electron chi connectivity index (χ3n) is 6.41. The van der Waals surface area contributed by atoms with E-state index in [0.29, 0.717) is 30.6 Å². The van der Waals surface area contributed by atoms with Crippen molar-refractivity contribution in [3.8, 4) is 0 Å². The van der Waals surface area contributed by atoms with Gasteiger partial charge in [0.15, 0.2) is 0 Å². The van der Waals surface area contributed by atoms with Crippen LogP contribution in [0.2, 0.25) is 0 Å². The second-order valence-corrected chi connectivity index (χ2v) is 9.16. The van der Waals surface area contributed by atoms with Gasteiger partial charge in [0.05, 0.1) is 12.1 Å². The second-order valence-electron chi connectivity index (χ2n) is 9.16. The summed E-state index contributed by atoms with van der Waals surface area (Å²) in [5.41, 5.74) is 0.243. The number of carbonyl (C=O) groups is 3. The predicted octanol–water partition coefficient (Wildman–Crippen LogP) is 1.42. The topological polar surface area (TPSA) is 116 Å². The number of amides is 2. The molecule has 12 heteroatoms. The minimum atomic E-state index is -5.08. The van der Waals surface area contributed by atoms with Gasteiger partial charge in [-0.1, -0.05) is 13.8 Å². The van der Waals surface area contributed by atoms with Crippen molar-refractivity contribution in [2.45, 2.75) is 38.4 Å². The zero-order valence-electron chi connectivity index (χ0n) is 18.5. The first-order chi connectivity index (χ1) is 15.4. The molecule has 0 radical (unpaired) electrons. The van der Waals surface area contributed by atoms with Gasteiger partial charge in [-0.15, -0.1) is 0 Å². The van der Waals surface area contributed by atoms with E-state index in [1.54, 1.807) is 12.4 Å². The van der Waals surface area contributed by atoms with Crippen molar-refractivity contribution in [2.24, 2.45) is 17.8 Å². The van der Waals surface area contributed by atoms with E-state index in [0.717, 1.165) is 32.5 Å². The Morgan fingerprint density at radius 3 is 2.39 bits per heavy atom. The molecule has 2 N–H and O–H groups in total. The highest BCUT2D eigenvalue weighted by Crippen LogP contribution is 2.44. The van der Waals surface area contributed by atoms with Crippen LogP contribution in [0.25, 0.3) is 0 Å². The van der Waals surface area contributed by atoms with E-state index in [2.05, 4.69) is 34.0 Å². The second kappa shape index (κ2) is 9.62. The Hall–Kier alpha value is -2.76. The lowest BCUT2D eigenvalue weighted by Gasteiger charge is -2.42. The van der Waals surface area contributed by atoms with Crippen LogP contribution in [0.15, 0.2) is 18.6 Å². The normalized spacial score (nSPS) is 24.3. The zero-order chi connectivity index (χ0) is 24.4. The van der Waals surface area contributed by atoms with E-state index >= 15 is 0 Å². The molecule has 3 aliphatic rings. The molecule has 9 nitrogen and oxygen atoms in total. The minimum Gasteiger partial charge on any atom is -0.475 e. The lowest BCUT2D eigenvalue weighted by Crippen LogP contribution is -2.56. The summed E-state index contributed by atoms with van der Waals surface area (Å²) in [5, 5.41) is 10.4. The molecular formula is C21H28F3N5O4. The number of aliphatic carboxylic acids is 1. The fourth-order valence-electron chi connectivity index (χ4n) is 4.98. The molecule has 0 aliphatic carbocycles. The van der Waals surface area contributed by atoms with Gasteiger partial charge in [-0.3, -0.25) is 14.6 Å². The van der Waals surface area contributed by atoms with Crippen molar-refractivity contribution in [3.05, 3.63) is 24.3 Å². The van der Waals surface area contributed by atoms with Gasteiger partial charge in [0, 0.05) is 56.6 Å². The summed E-state index contributed by atoms with van der Waals surface area (Å²) in [6, 6.07) is 0. The Morgan fingerprint density at radius 1 is 1.24 bits per heavy atom. The maximum absolute atomic E-state index is 12.6. The van der Waals surface area contributed by atoms with Crippen molar-refractivity contribution < 1.29 is 32.7 Å². The largest absolute Gasteiger partial charge is 0.490 e. The molecule has 0 bridgehead atoms. The van der Waals surface area contributed by atoms with Gasteiger partial charge < -0.3 is 20.2 Å². The van der Waals surface area contributed by atoms with Crippen LogP contribution in [-0.2, 0) is 9.59 Å². The molecule has 4 rings (SSSR count). The number of hydrogen-bond acceptors (Lipinski definition) is 6. The number of fused-ring (bicyclic) bond motifs is 2. The number of carboxylic acids is 1. The van der Waals surface area contributed by atoms with Crippen LogP contribution in [0, 0.1) is 17.8 Å². The van der Waals surface area contributed by atoms with E-state index in [1.165, 1.54) is 6.20 Å². The molecule has 3 saturated heterocycles. The summed E-state index contributed by atoms with van der Waals surface area (Å²) in [6.45, 7) is 8.67. The number of nitrogens with zero attached hydrogens (tertiary/aromatic N) is 4. The van der Waals surface area contributed by atoms with Gasteiger partial charge in [-0.2, -0.15) is 13.2 Å². The summed E-state index contributed by atoms with van der Waals surface area (Å²) >= 11 is 0. The average Bonchev–Trinajstić information content (AvgIpc) is 3.27. The highest BCUT2D eigenvalue weighted by atomic mass is 19.4. The predicted molar refractivity (Wildman–Crippen MR) is 110 cm³/mol. The molecule has 2 amide bonds. The number of alkyl halides is 3. The van der Waals surface area contributed by atoms with E-state index in [1.807, 2.05) is 4.90 Å². The molecule has 182 valence electrons. The molecule has 33 heavy (non-hydrogen) atoms. The number of likely N-dealkylation sites (tertiary alicyclic amines) is 2. The van der Waals surface area contributed by atoms with Gasteiger partial charge in [-0.05, 0) is 18.8 Å². The maximum atomic E-state index is 12.6. The number of carboxylic acid groups (broad SMARTS) is 1. The van der Waals surface area contributed by atoms with Crippen LogP contribution < -0.4 is 5.32 Å². The molecule has 2 atom stereocenters. The SMILES string of the molecule is CC(C)CN1C[C@H]2C(=O)NC3(CCN(C(=O)c4cnccn4)CC3)[C@H]2C1.O=C(O)C(F)(F)F. The summed E-state index contributed by atoms with van der Waals surface area (Å²) in [4.78, 5) is 46.4. The molecule has 0 unspecified atom stereocenters. The summed E-state index contributed by atoms with van der Waals surface area (Å²) in [5.74, 6) is -1.54. The fourth-order valence-corrected chi connectivity index (χ4v) is 4.98. The number of rotatable bonds is 3. The highest BCUT2D eigenvalue weighted by Gasteiger charge is 2.57. The number of nitrogens with one attached hydrogen (secondary N) is 1. The summed E-state index contributed by atoms with van der Waals surface area (Å²) in [6.07, 6.45) is 1.19. The molecule has 1 spiro atoms. The first-order valence-electron chi connectivity index (χ1n) is 10.8. The van der Waals surface area contributed by atoms with Crippen molar-refractivity contribution in [1.82, 2.24) is 25.1 Å². The van der Waals surface area contributed by atoms with Crippen LogP contribution in [0.5, 0.6) is 0 Å². The average molecular weight is 471 g/mol. The molecule has 4 heterocycles. The van der Waals surface area contributed by atoms with Gasteiger partial charge in [-0.25, -0.2) is 9.78 Å². The Morgan fingerprint density at radius 2 is 1.88 bits per heavy atom. The third-order valence-corrected chi connectivity index (χ3v) is 6.41. The van der Waals surface area contributed by atoms with Gasteiger partial charge in [0.1, 0.15) is 5.69 Å². The van der Waals surface area contributed by atoms with Gasteiger partial charge >= 0.3 is 12.1 Å². The Bertz CT molecular complexity index is 872. The number of aromatic nitrogens is 2. The first kappa shape index (κ1) is 24.9. The van der Waals surface area contributed by atoms with Crippen molar-refractivity contribution in [2.75, 3.05) is 32.7 Å². The lowest BCUT2D eigenvalue weighted by molar-refractivity contribution is -0.192. The van der Waals surface area contributed by atoms with Crippen LogP contribution in [0.3, 0.4) is 0 Å². The molecular weight excluding hydrogens is 443 g/mol. The summed E-state index contributed by atoms with van der Waals surface area (Å²) < 4.78 is 31.7. The minimum absolute atomic E-state index is 0.0679. The van der Waals surface area contributed by atoms with Crippen molar-refractivity contribution >= 4 is 17.8 Å². The Labute approximate surface area is 189 Å². The number of piperidine rings is 1. The van der Waals surface area contributed by atoms with Gasteiger partial charge in [0.2, 0.25) is 5.91 Å². The summed E-state index contributed by atoms with van der Waals surface area (Å²) in [7, 11) is 0. The first-order valence-corrected chi connectivity index (χ1v) is 10.8. The highest BCUT2D eigenvalue weighted by molar-refractivity contribution is 5.92. The van der Waals surface area contributed by atoms with Crippen LogP contribution in [-0.4, -0.2) is 87.1 Å². The standard InChI is InChI=1S/C19H27N5O2.C2HF3O2/c1-13(2)10-23-11-14-15(12-23)19(22-17(14)25)3-7-24(8-4-19)18(26)16-9-20-5-6-21-16;3-2(4,5)1(6)7/h5-6,9,13-15H,3-4,7-8,10-12H2,1-2H3,(H,22,25);(H,6,7)/t14-,15+;/m1./s1. The fraction of sp³-hybridized carbons (Fsp3) is 0.667. The van der Waals surface area contributed by atoms with Crippen molar-refractivity contribution in [1.29, 1.82) is 0 Å². The van der Waals surface area contributed by atoms with E-state index < -0.39 is 12.1 Å². The molecule has 3 fully saturated rings. The van der Waals surface area contributed by atoms with Crippen molar-refractivity contribution in [3.63, 3.8) is 0 Å². The smallest absolute Gasteiger partial charge is 0.475 e. The van der Waals surface area contributed by atoms with E-state index in [4.69, 9.17) is 9.90 Å².